The van der Waals surface area contributed by atoms with Crippen LogP contribution in [0.5, 0.6) is 0 Å². The second kappa shape index (κ2) is 9.54. The van der Waals surface area contributed by atoms with Crippen molar-refractivity contribution in [3.8, 4) is 0 Å². The molecule has 0 spiro atoms. The molecule has 0 saturated heterocycles. The number of nitrogens with zero attached hydrogens (tertiary/aromatic N) is 3. The highest BCUT2D eigenvalue weighted by Crippen LogP contribution is 2.23. The Morgan fingerprint density at radius 2 is 2.00 bits per heavy atom. The Kier molecular flexibility index (Phi) is 7.63. The Morgan fingerprint density at radius 3 is 2.57 bits per heavy atom. The number of rotatable bonds is 9. The first-order valence-electron chi connectivity index (χ1n) is 8.94. The van der Waals surface area contributed by atoms with Gasteiger partial charge in [0, 0.05) is 31.6 Å². The Morgan fingerprint density at radius 1 is 1.32 bits per heavy atom. The van der Waals surface area contributed by atoms with E-state index in [1.54, 1.807) is 40.8 Å². The van der Waals surface area contributed by atoms with Gasteiger partial charge in [-0.15, -0.1) is 0 Å². The summed E-state index contributed by atoms with van der Waals surface area (Å²) in [6, 6.07) is 6.80. The van der Waals surface area contributed by atoms with Gasteiger partial charge in [-0.1, -0.05) is 29.8 Å². The van der Waals surface area contributed by atoms with Crippen molar-refractivity contribution in [2.24, 2.45) is 0 Å². The molecule has 9 heteroatoms. The first-order chi connectivity index (χ1) is 13.2. The van der Waals surface area contributed by atoms with Crippen LogP contribution in [0.3, 0.4) is 0 Å². The van der Waals surface area contributed by atoms with Crippen molar-refractivity contribution in [3.63, 3.8) is 0 Å². The molecule has 154 valence electrons. The van der Waals surface area contributed by atoms with Crippen LogP contribution < -0.4 is 0 Å². The van der Waals surface area contributed by atoms with Gasteiger partial charge in [-0.2, -0.15) is 0 Å². The van der Waals surface area contributed by atoms with E-state index in [0.29, 0.717) is 29.4 Å². The largest absolute Gasteiger partial charge is 0.383 e. The summed E-state index contributed by atoms with van der Waals surface area (Å²) in [6.45, 7) is 6.21. The minimum Gasteiger partial charge on any atom is -0.383 e. The van der Waals surface area contributed by atoms with Gasteiger partial charge in [-0.05, 0) is 25.5 Å². The van der Waals surface area contributed by atoms with Gasteiger partial charge in [-0.3, -0.25) is 4.79 Å². The van der Waals surface area contributed by atoms with Gasteiger partial charge < -0.3 is 14.2 Å². The molecule has 0 aliphatic carbocycles. The normalized spacial score (nSPS) is 11.8. The van der Waals surface area contributed by atoms with E-state index >= 15 is 0 Å². The summed E-state index contributed by atoms with van der Waals surface area (Å²) in [5.41, 5.74) is 1.15. The molecule has 0 fully saturated rings. The number of imidazole rings is 1. The molecule has 1 aromatic heterocycles. The van der Waals surface area contributed by atoms with E-state index in [1.807, 2.05) is 13.8 Å². The zero-order chi connectivity index (χ0) is 20.9. The number of methoxy groups -OCH3 is 1. The minimum absolute atomic E-state index is 0.0218. The third-order valence-electron chi connectivity index (χ3n) is 4.36. The minimum atomic E-state index is -3.74. The van der Waals surface area contributed by atoms with Crippen LogP contribution in [0.15, 0.2) is 35.6 Å². The van der Waals surface area contributed by atoms with Crippen LogP contribution in [0.25, 0.3) is 0 Å². The summed E-state index contributed by atoms with van der Waals surface area (Å²) in [4.78, 5) is 17.8. The van der Waals surface area contributed by atoms with Gasteiger partial charge in [0.15, 0.2) is 0 Å². The Labute approximate surface area is 171 Å². The molecule has 28 heavy (non-hydrogen) atoms. The Balaban J connectivity index is 2.42. The summed E-state index contributed by atoms with van der Waals surface area (Å²) in [5, 5.41) is 0.343. The number of carbonyl (C=O) groups excluding carboxylic acids is 1. The van der Waals surface area contributed by atoms with Crippen LogP contribution in [0, 0.1) is 0 Å². The maximum Gasteiger partial charge on any atom is 0.228 e. The molecule has 0 atom stereocenters. The number of ether oxygens (including phenoxy) is 1. The fraction of sp³-hybridized carbons (Fsp3) is 0.474. The van der Waals surface area contributed by atoms with Crippen molar-refractivity contribution in [2.45, 2.75) is 50.8 Å². The second-order valence-electron chi connectivity index (χ2n) is 6.77. The summed E-state index contributed by atoms with van der Waals surface area (Å²) >= 11 is 6.13. The lowest BCUT2D eigenvalue weighted by atomic mass is 10.2. The SMILES string of the molecule is COCCn1c(CN(C(C)=O)C(C)C)cnc1S(=O)(=O)Cc1ccccc1Cl. The van der Waals surface area contributed by atoms with E-state index in [1.165, 1.54) is 13.1 Å². The lowest BCUT2D eigenvalue weighted by Crippen LogP contribution is -2.35. The molecule has 0 aliphatic heterocycles. The van der Waals surface area contributed by atoms with Crippen molar-refractivity contribution in [3.05, 3.63) is 46.7 Å². The number of benzene rings is 1. The van der Waals surface area contributed by atoms with E-state index in [2.05, 4.69) is 4.98 Å². The molecule has 0 radical (unpaired) electrons. The molecule has 0 unspecified atom stereocenters. The van der Waals surface area contributed by atoms with Crippen molar-refractivity contribution >= 4 is 27.3 Å². The summed E-state index contributed by atoms with van der Waals surface area (Å²) < 4.78 is 32.8. The van der Waals surface area contributed by atoms with Crippen LogP contribution >= 0.6 is 11.6 Å². The predicted molar refractivity (Wildman–Crippen MR) is 108 cm³/mol. The Bertz CT molecular complexity index is 925. The number of aromatic nitrogens is 2. The fourth-order valence-electron chi connectivity index (χ4n) is 2.90. The quantitative estimate of drug-likeness (QED) is 0.614. The van der Waals surface area contributed by atoms with Crippen molar-refractivity contribution in [1.82, 2.24) is 14.5 Å². The molecule has 0 aliphatic rings. The number of hydrogen-bond acceptors (Lipinski definition) is 5. The van der Waals surface area contributed by atoms with Gasteiger partial charge in [-0.25, -0.2) is 13.4 Å². The Hall–Kier alpha value is -1.90. The van der Waals surface area contributed by atoms with Gasteiger partial charge in [0.25, 0.3) is 0 Å². The van der Waals surface area contributed by atoms with Gasteiger partial charge in [0.05, 0.1) is 30.8 Å². The van der Waals surface area contributed by atoms with E-state index < -0.39 is 9.84 Å². The highest BCUT2D eigenvalue weighted by molar-refractivity contribution is 7.90. The third kappa shape index (κ3) is 5.33. The molecule has 1 heterocycles. The number of sulfone groups is 1. The number of halogens is 1. The first-order valence-corrected chi connectivity index (χ1v) is 11.0. The monoisotopic (exact) mass is 427 g/mol. The van der Waals surface area contributed by atoms with Crippen molar-refractivity contribution in [1.29, 1.82) is 0 Å². The zero-order valence-corrected chi connectivity index (χ0v) is 18.1. The lowest BCUT2D eigenvalue weighted by molar-refractivity contribution is -0.131. The number of hydrogen-bond donors (Lipinski definition) is 0. The first kappa shape index (κ1) is 22.4. The van der Waals surface area contributed by atoms with Crippen LogP contribution in [0.2, 0.25) is 5.02 Å². The number of amides is 1. The number of carbonyl (C=O) groups is 1. The van der Waals surface area contributed by atoms with Crippen molar-refractivity contribution in [2.75, 3.05) is 13.7 Å². The lowest BCUT2D eigenvalue weighted by Gasteiger charge is -2.26. The molecule has 0 N–H and O–H groups in total. The summed E-state index contributed by atoms with van der Waals surface area (Å²) in [7, 11) is -2.20. The second-order valence-corrected chi connectivity index (χ2v) is 9.06. The predicted octanol–water partition coefficient (Wildman–Crippen LogP) is 2.91. The molecule has 7 nitrogen and oxygen atoms in total. The fourth-order valence-corrected chi connectivity index (χ4v) is 4.73. The average molecular weight is 428 g/mol. The molecule has 2 rings (SSSR count). The molecule has 0 saturated carbocycles. The summed E-state index contributed by atoms with van der Waals surface area (Å²) in [5.74, 6) is -0.341. The molecule has 1 aromatic carbocycles. The third-order valence-corrected chi connectivity index (χ3v) is 6.30. The van der Waals surface area contributed by atoms with Gasteiger partial charge in [0.2, 0.25) is 20.9 Å². The molecule has 0 bridgehead atoms. The summed E-state index contributed by atoms with van der Waals surface area (Å²) in [6.07, 6.45) is 1.51. The van der Waals surface area contributed by atoms with Crippen LogP contribution in [0.4, 0.5) is 0 Å². The molecular weight excluding hydrogens is 402 g/mol. The standard InChI is InChI=1S/C19H26ClN3O4S/c1-14(2)23(15(3)24)12-17-11-21-19(22(17)9-10-27-4)28(25,26)13-16-7-5-6-8-18(16)20/h5-8,11,14H,9-10,12-13H2,1-4H3. The molecular formula is C19H26ClN3O4S. The van der Waals surface area contributed by atoms with Crippen LogP contribution in [0.1, 0.15) is 32.0 Å². The van der Waals surface area contributed by atoms with E-state index in [4.69, 9.17) is 16.3 Å². The highest BCUT2D eigenvalue weighted by atomic mass is 35.5. The molecule has 1 amide bonds. The zero-order valence-electron chi connectivity index (χ0n) is 16.6. The maximum absolute atomic E-state index is 13.0. The van der Waals surface area contributed by atoms with Crippen LogP contribution in [-0.2, 0) is 38.2 Å². The maximum atomic E-state index is 13.0. The van der Waals surface area contributed by atoms with Gasteiger partial charge in [0.1, 0.15) is 0 Å². The van der Waals surface area contributed by atoms with Crippen molar-refractivity contribution < 1.29 is 17.9 Å². The van der Waals surface area contributed by atoms with E-state index in [0.717, 1.165) is 0 Å². The topological polar surface area (TPSA) is 81.5 Å². The van der Waals surface area contributed by atoms with Gasteiger partial charge >= 0.3 is 0 Å². The highest BCUT2D eigenvalue weighted by Gasteiger charge is 2.26. The average Bonchev–Trinajstić information content (AvgIpc) is 3.02. The van der Waals surface area contributed by atoms with Crippen LogP contribution in [-0.4, -0.2) is 48.5 Å². The van der Waals surface area contributed by atoms with E-state index in [9.17, 15) is 13.2 Å². The van der Waals surface area contributed by atoms with E-state index in [-0.39, 0.29) is 29.4 Å². The molecule has 2 aromatic rings. The smallest absolute Gasteiger partial charge is 0.228 e.